The van der Waals surface area contributed by atoms with Crippen LogP contribution in [0.1, 0.15) is 5.56 Å². The Balaban J connectivity index is 2.22. The lowest BCUT2D eigenvalue weighted by Crippen LogP contribution is -1.95. The van der Waals surface area contributed by atoms with Crippen molar-refractivity contribution in [2.45, 2.75) is 6.92 Å². The highest BCUT2D eigenvalue weighted by molar-refractivity contribution is 5.57. The van der Waals surface area contributed by atoms with Crippen LogP contribution in [0.5, 0.6) is 5.75 Å². The highest BCUT2D eigenvalue weighted by Gasteiger charge is 1.99. The average Bonchev–Trinajstić information content (AvgIpc) is 2.25. The van der Waals surface area contributed by atoms with Crippen LogP contribution in [0.4, 0.5) is 11.6 Å². The molecule has 0 aliphatic carbocycles. The summed E-state index contributed by atoms with van der Waals surface area (Å²) < 4.78 is 0. The summed E-state index contributed by atoms with van der Waals surface area (Å²) in [5.74, 6) is 0.775. The zero-order valence-corrected chi connectivity index (χ0v) is 8.31. The first kappa shape index (κ1) is 9.45. The van der Waals surface area contributed by atoms with Crippen molar-refractivity contribution in [3.8, 4) is 5.75 Å². The number of phenolic OH excluding ortho intramolecular Hbond substituents is 1. The highest BCUT2D eigenvalue weighted by atomic mass is 16.3. The lowest BCUT2D eigenvalue weighted by atomic mass is 10.2. The summed E-state index contributed by atoms with van der Waals surface area (Å²) in [6.07, 6.45) is 3.31. The number of nitrogens with one attached hydrogen (secondary N) is 1. The Labute approximate surface area is 87.6 Å². The van der Waals surface area contributed by atoms with Gasteiger partial charge in [0.15, 0.2) is 0 Å². The maximum absolute atomic E-state index is 9.50. The van der Waals surface area contributed by atoms with Crippen molar-refractivity contribution in [1.29, 1.82) is 0 Å². The van der Waals surface area contributed by atoms with Crippen molar-refractivity contribution in [3.05, 3.63) is 42.2 Å². The van der Waals surface area contributed by atoms with E-state index in [1.165, 1.54) is 0 Å². The van der Waals surface area contributed by atoms with Gasteiger partial charge in [-0.1, -0.05) is 6.07 Å². The van der Waals surface area contributed by atoms with Gasteiger partial charge in [0.05, 0.1) is 0 Å². The standard InChI is InChI=1S/C11H11N3O/c1-8-3-4-9(7-10(8)15)14-11-12-5-2-6-13-11/h2-7,15H,1H3,(H,12,13,14). The third-order valence-corrected chi connectivity index (χ3v) is 2.03. The van der Waals surface area contributed by atoms with Gasteiger partial charge in [-0.25, -0.2) is 9.97 Å². The normalized spacial score (nSPS) is 9.93. The largest absolute Gasteiger partial charge is 0.508 e. The summed E-state index contributed by atoms with van der Waals surface area (Å²) in [7, 11) is 0. The van der Waals surface area contributed by atoms with Crippen molar-refractivity contribution in [2.24, 2.45) is 0 Å². The molecule has 4 heteroatoms. The number of hydrogen-bond donors (Lipinski definition) is 2. The maximum atomic E-state index is 9.50. The molecule has 0 aliphatic heterocycles. The van der Waals surface area contributed by atoms with Crippen LogP contribution in [0, 0.1) is 6.92 Å². The first-order chi connectivity index (χ1) is 7.25. The van der Waals surface area contributed by atoms with E-state index >= 15 is 0 Å². The molecule has 0 radical (unpaired) electrons. The first-order valence-corrected chi connectivity index (χ1v) is 4.59. The molecule has 0 atom stereocenters. The number of rotatable bonds is 2. The van der Waals surface area contributed by atoms with Crippen molar-refractivity contribution < 1.29 is 5.11 Å². The molecule has 2 rings (SSSR count). The van der Waals surface area contributed by atoms with E-state index in [0.717, 1.165) is 11.3 Å². The Hall–Kier alpha value is -2.10. The molecule has 2 aromatic rings. The van der Waals surface area contributed by atoms with Crippen LogP contribution in [0.3, 0.4) is 0 Å². The third kappa shape index (κ3) is 2.22. The summed E-state index contributed by atoms with van der Waals surface area (Å²) in [5, 5.41) is 12.5. The van der Waals surface area contributed by atoms with E-state index in [4.69, 9.17) is 0 Å². The topological polar surface area (TPSA) is 58.0 Å². The number of benzene rings is 1. The molecule has 0 bridgehead atoms. The number of phenols is 1. The second-order valence-corrected chi connectivity index (χ2v) is 3.20. The van der Waals surface area contributed by atoms with Gasteiger partial charge in [-0.05, 0) is 24.6 Å². The molecule has 0 saturated heterocycles. The SMILES string of the molecule is Cc1ccc(Nc2ncccn2)cc1O. The molecule has 15 heavy (non-hydrogen) atoms. The minimum atomic E-state index is 0.260. The van der Waals surface area contributed by atoms with E-state index in [1.54, 1.807) is 24.5 Å². The maximum Gasteiger partial charge on any atom is 0.227 e. The fourth-order valence-electron chi connectivity index (χ4n) is 1.18. The van der Waals surface area contributed by atoms with Gasteiger partial charge in [0.25, 0.3) is 0 Å². The monoisotopic (exact) mass is 201 g/mol. The molecule has 0 amide bonds. The van der Waals surface area contributed by atoms with Crippen molar-refractivity contribution >= 4 is 11.6 Å². The van der Waals surface area contributed by atoms with Crippen LogP contribution < -0.4 is 5.32 Å². The van der Waals surface area contributed by atoms with Crippen LogP contribution in [0.15, 0.2) is 36.7 Å². The molecule has 2 N–H and O–H groups in total. The summed E-state index contributed by atoms with van der Waals surface area (Å²) >= 11 is 0. The Kier molecular flexibility index (Phi) is 2.49. The minimum Gasteiger partial charge on any atom is -0.508 e. The molecule has 0 fully saturated rings. The van der Waals surface area contributed by atoms with Crippen LogP contribution >= 0.6 is 0 Å². The van der Waals surface area contributed by atoms with Gasteiger partial charge in [-0.3, -0.25) is 0 Å². The molecule has 1 aromatic carbocycles. The molecule has 1 aromatic heterocycles. The van der Waals surface area contributed by atoms with Gasteiger partial charge < -0.3 is 10.4 Å². The first-order valence-electron chi connectivity index (χ1n) is 4.59. The number of aryl methyl sites for hydroxylation is 1. The zero-order chi connectivity index (χ0) is 10.7. The van der Waals surface area contributed by atoms with Gasteiger partial charge in [-0.15, -0.1) is 0 Å². The average molecular weight is 201 g/mol. The minimum absolute atomic E-state index is 0.260. The predicted octanol–water partition coefficient (Wildman–Crippen LogP) is 2.23. The Morgan fingerprint density at radius 2 is 1.93 bits per heavy atom. The molecular weight excluding hydrogens is 190 g/mol. The van der Waals surface area contributed by atoms with E-state index in [1.807, 2.05) is 19.1 Å². The highest BCUT2D eigenvalue weighted by Crippen LogP contribution is 2.22. The summed E-state index contributed by atoms with van der Waals surface area (Å²) in [4.78, 5) is 8.04. The molecule has 1 heterocycles. The van der Waals surface area contributed by atoms with Crippen molar-refractivity contribution in [1.82, 2.24) is 9.97 Å². The zero-order valence-electron chi connectivity index (χ0n) is 8.31. The van der Waals surface area contributed by atoms with E-state index in [9.17, 15) is 5.11 Å². The van der Waals surface area contributed by atoms with Gasteiger partial charge in [0.2, 0.25) is 5.95 Å². The van der Waals surface area contributed by atoms with Gasteiger partial charge >= 0.3 is 0 Å². The van der Waals surface area contributed by atoms with Crippen LogP contribution in [0.25, 0.3) is 0 Å². The number of aromatic hydroxyl groups is 1. The lowest BCUT2D eigenvalue weighted by molar-refractivity contribution is 0.471. The summed E-state index contributed by atoms with van der Waals surface area (Å²) in [6.45, 7) is 1.85. The Morgan fingerprint density at radius 3 is 2.60 bits per heavy atom. The van der Waals surface area contributed by atoms with E-state index < -0.39 is 0 Å². The Bertz CT molecular complexity index is 457. The molecule has 0 spiro atoms. The van der Waals surface area contributed by atoms with Gasteiger partial charge in [0, 0.05) is 24.1 Å². The van der Waals surface area contributed by atoms with E-state index in [0.29, 0.717) is 5.95 Å². The van der Waals surface area contributed by atoms with Crippen molar-refractivity contribution in [2.75, 3.05) is 5.32 Å². The lowest BCUT2D eigenvalue weighted by Gasteiger charge is -2.05. The number of anilines is 2. The Morgan fingerprint density at radius 1 is 1.20 bits per heavy atom. The second kappa shape index (κ2) is 3.96. The van der Waals surface area contributed by atoms with Crippen LogP contribution in [0.2, 0.25) is 0 Å². The molecular formula is C11H11N3O. The quantitative estimate of drug-likeness (QED) is 0.782. The van der Waals surface area contributed by atoms with E-state index in [-0.39, 0.29) is 5.75 Å². The fraction of sp³-hybridized carbons (Fsp3) is 0.0909. The molecule has 4 nitrogen and oxygen atoms in total. The summed E-state index contributed by atoms with van der Waals surface area (Å²) in [6, 6.07) is 7.09. The van der Waals surface area contributed by atoms with E-state index in [2.05, 4.69) is 15.3 Å². The second-order valence-electron chi connectivity index (χ2n) is 3.20. The van der Waals surface area contributed by atoms with Gasteiger partial charge in [-0.2, -0.15) is 0 Å². The molecule has 0 saturated carbocycles. The number of aromatic nitrogens is 2. The van der Waals surface area contributed by atoms with Crippen LogP contribution in [-0.4, -0.2) is 15.1 Å². The smallest absolute Gasteiger partial charge is 0.227 e. The fourth-order valence-corrected chi connectivity index (χ4v) is 1.18. The number of hydrogen-bond acceptors (Lipinski definition) is 4. The predicted molar refractivity (Wildman–Crippen MR) is 58.2 cm³/mol. The molecule has 0 unspecified atom stereocenters. The summed E-state index contributed by atoms with van der Waals surface area (Å²) in [5.41, 5.74) is 1.61. The van der Waals surface area contributed by atoms with Crippen LogP contribution in [-0.2, 0) is 0 Å². The molecule has 0 aliphatic rings. The number of nitrogens with zero attached hydrogens (tertiary/aromatic N) is 2. The van der Waals surface area contributed by atoms with Crippen molar-refractivity contribution in [3.63, 3.8) is 0 Å². The third-order valence-electron chi connectivity index (χ3n) is 2.03. The van der Waals surface area contributed by atoms with Gasteiger partial charge in [0.1, 0.15) is 5.75 Å². The molecule has 76 valence electrons.